The molecule has 0 aliphatic heterocycles. The van der Waals surface area contributed by atoms with Crippen LogP contribution in [-0.4, -0.2) is 41.3 Å². The van der Waals surface area contributed by atoms with Crippen molar-refractivity contribution in [3.05, 3.63) is 35.9 Å². The Morgan fingerprint density at radius 1 is 1.19 bits per heavy atom. The summed E-state index contributed by atoms with van der Waals surface area (Å²) in [5.74, 6) is 5.09. The Hall–Kier alpha value is -2.84. The van der Waals surface area contributed by atoms with Gasteiger partial charge in [0.15, 0.2) is 0 Å². The molecule has 0 bridgehead atoms. The van der Waals surface area contributed by atoms with Gasteiger partial charge in [-0.2, -0.15) is 0 Å². The highest BCUT2D eigenvalue weighted by Crippen LogP contribution is 2.24. The maximum Gasteiger partial charge on any atom is 0.262 e. The zero-order valence-corrected chi connectivity index (χ0v) is 15.0. The number of hydrogen-bond acceptors (Lipinski definition) is 5. The van der Waals surface area contributed by atoms with Gasteiger partial charge in [0.2, 0.25) is 5.91 Å². The van der Waals surface area contributed by atoms with Crippen molar-refractivity contribution >= 4 is 11.8 Å². The molecule has 1 unspecified atom stereocenters. The van der Waals surface area contributed by atoms with Crippen LogP contribution in [0.2, 0.25) is 0 Å². The first-order valence-electron chi connectivity index (χ1n) is 7.97. The monoisotopic (exact) mass is 357 g/mol. The number of hydroxylamine groups is 1. The van der Waals surface area contributed by atoms with Crippen molar-refractivity contribution in [1.29, 1.82) is 0 Å². The Balaban J connectivity index is 2.85. The molecule has 0 aliphatic rings. The second kappa shape index (κ2) is 10.2. The molecule has 0 heterocycles. The molecule has 0 saturated heterocycles. The molecule has 0 radical (unpaired) electrons. The number of carbonyl (C=O) groups is 2. The van der Waals surface area contributed by atoms with Crippen LogP contribution in [0.3, 0.4) is 0 Å². The van der Waals surface area contributed by atoms with Crippen LogP contribution in [0.5, 0.6) is 0 Å². The Labute approximate surface area is 153 Å². The van der Waals surface area contributed by atoms with Gasteiger partial charge in [-0.05, 0) is 38.9 Å². The van der Waals surface area contributed by atoms with Crippen molar-refractivity contribution in [1.82, 2.24) is 16.1 Å². The predicted molar refractivity (Wildman–Crippen MR) is 96.6 cm³/mol. The highest BCUT2D eigenvalue weighted by Gasteiger charge is 2.39. The van der Waals surface area contributed by atoms with Crippen molar-refractivity contribution < 1.29 is 19.9 Å². The average Bonchev–Trinajstić information content (AvgIpc) is 2.66. The van der Waals surface area contributed by atoms with Crippen molar-refractivity contribution in [2.45, 2.75) is 19.4 Å². The quantitative estimate of drug-likeness (QED) is 0.215. The largest absolute Gasteiger partial charge is 0.395 e. The third kappa shape index (κ3) is 5.91. The van der Waals surface area contributed by atoms with Gasteiger partial charge >= 0.3 is 0 Å². The summed E-state index contributed by atoms with van der Waals surface area (Å²) >= 11 is 0. The third-order valence-corrected chi connectivity index (χ3v) is 4.01. The van der Waals surface area contributed by atoms with Crippen LogP contribution in [0.1, 0.15) is 24.2 Å². The molecule has 0 fully saturated rings. The summed E-state index contributed by atoms with van der Waals surface area (Å²) in [6, 6.07) is 11.0. The van der Waals surface area contributed by atoms with E-state index in [9.17, 15) is 14.7 Å². The first-order valence-corrected chi connectivity index (χ1v) is 7.97. The topological polar surface area (TPSA) is 111 Å². The fourth-order valence-electron chi connectivity index (χ4n) is 2.38. The Morgan fingerprint density at radius 2 is 1.85 bits per heavy atom. The zero-order chi connectivity index (χ0) is 19.6. The van der Waals surface area contributed by atoms with Crippen molar-refractivity contribution in [2.75, 3.05) is 13.7 Å². The maximum absolute atomic E-state index is 12.0. The number of amides is 2. The van der Waals surface area contributed by atoms with Gasteiger partial charge in [0.1, 0.15) is 0 Å². The summed E-state index contributed by atoms with van der Waals surface area (Å²) in [6.07, 6.45) is 0. The van der Waals surface area contributed by atoms with E-state index in [0.717, 1.165) is 0 Å². The molecule has 0 saturated carbocycles. The lowest BCUT2D eigenvalue weighted by molar-refractivity contribution is -0.137. The molecule has 0 aromatic heterocycles. The summed E-state index contributed by atoms with van der Waals surface area (Å²) in [7, 11) is 1.67. The summed E-state index contributed by atoms with van der Waals surface area (Å²) in [5.41, 5.74) is 1.34. The van der Waals surface area contributed by atoms with Gasteiger partial charge in [-0.3, -0.25) is 20.1 Å². The van der Waals surface area contributed by atoms with Gasteiger partial charge in [-0.25, -0.2) is 5.48 Å². The molecular weight excluding hydrogens is 334 g/mol. The van der Waals surface area contributed by atoms with E-state index in [1.54, 1.807) is 56.7 Å². The van der Waals surface area contributed by atoms with Gasteiger partial charge < -0.3 is 10.4 Å². The summed E-state index contributed by atoms with van der Waals surface area (Å²) < 4.78 is 0. The van der Waals surface area contributed by atoms with Crippen LogP contribution < -0.4 is 16.1 Å². The molecule has 0 spiro atoms. The second-order valence-corrected chi connectivity index (χ2v) is 6.05. The zero-order valence-electron chi connectivity index (χ0n) is 15.0. The highest BCUT2D eigenvalue weighted by atomic mass is 16.5. The summed E-state index contributed by atoms with van der Waals surface area (Å²) in [6.45, 7) is 3.11. The number of hydrogen-bond donors (Lipinski definition) is 5. The number of rotatable bonds is 6. The Morgan fingerprint density at radius 3 is 2.38 bits per heavy atom. The van der Waals surface area contributed by atoms with E-state index in [0.29, 0.717) is 5.56 Å². The fraction of sp³-hybridized carbons (Fsp3) is 0.368. The van der Waals surface area contributed by atoms with Crippen LogP contribution in [0.15, 0.2) is 30.3 Å². The minimum Gasteiger partial charge on any atom is -0.395 e. The van der Waals surface area contributed by atoms with E-state index < -0.39 is 29.9 Å². The van der Waals surface area contributed by atoms with Crippen molar-refractivity contribution in [3.8, 4) is 23.8 Å². The van der Waals surface area contributed by atoms with Crippen LogP contribution in [0.4, 0.5) is 0 Å². The minimum absolute atomic E-state index is 0.354. The Kier molecular flexibility index (Phi) is 8.33. The fourth-order valence-corrected chi connectivity index (χ4v) is 2.38. The van der Waals surface area contributed by atoms with E-state index >= 15 is 0 Å². The van der Waals surface area contributed by atoms with Gasteiger partial charge in [0.05, 0.1) is 18.4 Å². The van der Waals surface area contributed by atoms with E-state index in [-0.39, 0.29) is 5.91 Å². The average molecular weight is 357 g/mol. The van der Waals surface area contributed by atoms with E-state index in [4.69, 9.17) is 5.21 Å². The number of aliphatic hydroxyl groups excluding tert-OH is 1. The van der Waals surface area contributed by atoms with Crippen LogP contribution in [0.25, 0.3) is 0 Å². The smallest absolute Gasteiger partial charge is 0.262 e. The van der Waals surface area contributed by atoms with Crippen LogP contribution in [-0.2, 0) is 4.79 Å². The molecular formula is C19H23N3O4. The Bertz CT molecular complexity index is 739. The number of aliphatic hydroxyl groups is 1. The number of benzene rings is 1. The van der Waals surface area contributed by atoms with E-state index in [1.807, 2.05) is 0 Å². The highest BCUT2D eigenvalue weighted by molar-refractivity contribution is 5.95. The lowest BCUT2D eigenvalue weighted by Crippen LogP contribution is -2.53. The molecule has 1 aromatic carbocycles. The number of nitrogens with one attached hydrogen (secondary N) is 3. The first-order chi connectivity index (χ1) is 12.4. The predicted octanol–water partition coefficient (Wildman–Crippen LogP) is 0.109. The molecule has 138 valence electrons. The standard InChI is InChI=1S/C19H23N3O4/c1-19(2,20-3)16(18(25)22-26)15(13-23)11-7-8-12-21-17(24)14-9-5-4-6-10-14/h4-6,9-10,15-16,20,23,26H,13H2,1-3H3,(H,21,24)(H,22,25)/t15?,16-/m1/s1. The molecule has 2 atom stereocenters. The van der Waals surface area contributed by atoms with Crippen molar-refractivity contribution in [2.24, 2.45) is 11.8 Å². The summed E-state index contributed by atoms with van der Waals surface area (Å²) in [5, 5.41) is 23.9. The van der Waals surface area contributed by atoms with Gasteiger partial charge in [-0.15, -0.1) is 0 Å². The lowest BCUT2D eigenvalue weighted by atomic mass is 9.77. The molecule has 26 heavy (non-hydrogen) atoms. The number of carbonyl (C=O) groups excluding carboxylic acids is 2. The molecule has 1 rings (SSSR count). The molecule has 2 amide bonds. The van der Waals surface area contributed by atoms with Crippen molar-refractivity contribution in [3.63, 3.8) is 0 Å². The molecule has 7 nitrogen and oxygen atoms in total. The normalized spacial score (nSPS) is 12.5. The van der Waals surface area contributed by atoms with Gasteiger partial charge in [0.25, 0.3) is 5.91 Å². The molecule has 0 aliphatic carbocycles. The molecule has 7 heteroatoms. The minimum atomic E-state index is -0.823. The lowest BCUT2D eigenvalue weighted by Gasteiger charge is -2.35. The van der Waals surface area contributed by atoms with Crippen LogP contribution >= 0.6 is 0 Å². The van der Waals surface area contributed by atoms with Gasteiger partial charge in [0, 0.05) is 23.1 Å². The first kappa shape index (κ1) is 21.2. The van der Waals surface area contributed by atoms with E-state index in [2.05, 4.69) is 34.4 Å². The van der Waals surface area contributed by atoms with Gasteiger partial charge in [-0.1, -0.05) is 24.1 Å². The molecule has 1 aromatic rings. The third-order valence-electron chi connectivity index (χ3n) is 4.01. The molecule has 5 N–H and O–H groups in total. The summed E-state index contributed by atoms with van der Waals surface area (Å²) in [4.78, 5) is 23.8. The van der Waals surface area contributed by atoms with Crippen LogP contribution in [0, 0.1) is 35.6 Å². The second-order valence-electron chi connectivity index (χ2n) is 6.05. The maximum atomic E-state index is 12.0. The SMILES string of the molecule is CNC(C)(C)[C@@H](C(=O)NO)C(C#CC#CNC(=O)c1ccccc1)CO. The van der Waals surface area contributed by atoms with E-state index in [1.165, 1.54) is 0 Å².